The van der Waals surface area contributed by atoms with Crippen molar-refractivity contribution >= 4 is 5.91 Å². The van der Waals surface area contributed by atoms with Crippen LogP contribution in [-0.2, 0) is 4.79 Å². The highest BCUT2D eigenvalue weighted by Crippen LogP contribution is 2.23. The van der Waals surface area contributed by atoms with Crippen molar-refractivity contribution in [1.29, 1.82) is 0 Å². The van der Waals surface area contributed by atoms with E-state index in [1.54, 1.807) is 0 Å². The third kappa shape index (κ3) is 5.73. The number of hydrogen-bond acceptors (Lipinski definition) is 3. The molecule has 4 nitrogen and oxygen atoms in total. The van der Waals surface area contributed by atoms with E-state index in [4.69, 9.17) is 0 Å². The van der Waals surface area contributed by atoms with Crippen LogP contribution in [0.3, 0.4) is 0 Å². The van der Waals surface area contributed by atoms with Crippen LogP contribution in [0.5, 0.6) is 0 Å². The summed E-state index contributed by atoms with van der Waals surface area (Å²) in [5.74, 6) is 0.275. The summed E-state index contributed by atoms with van der Waals surface area (Å²) in [6.07, 6.45) is 15.4. The van der Waals surface area contributed by atoms with Gasteiger partial charge >= 0.3 is 0 Å². The predicted octanol–water partition coefficient (Wildman–Crippen LogP) is 3.17. The van der Waals surface area contributed by atoms with Gasteiger partial charge in [-0.1, -0.05) is 44.9 Å². The molecule has 1 heterocycles. The molecule has 0 aromatic heterocycles. The number of nitrogens with one attached hydrogen (secondary N) is 1. The van der Waals surface area contributed by atoms with Crippen molar-refractivity contribution in [2.75, 3.05) is 32.7 Å². The smallest absolute Gasteiger partial charge is 0.221 e. The second kappa shape index (κ2) is 9.76. The van der Waals surface area contributed by atoms with Crippen LogP contribution in [0.25, 0.3) is 0 Å². The standard InChI is InChI=1S/C20H37N3O/c24-20(21-18-8-4-1-2-5-9-18)12-13-22-14-16-23(17-15-22)19-10-6-3-7-11-19/h18-19H,1-17H2,(H,21,24). The van der Waals surface area contributed by atoms with E-state index in [9.17, 15) is 4.79 Å². The molecule has 3 fully saturated rings. The first-order valence-electron chi connectivity index (χ1n) is 10.6. The van der Waals surface area contributed by atoms with Gasteiger partial charge in [0, 0.05) is 51.2 Å². The Balaban J connectivity index is 1.30. The Labute approximate surface area is 148 Å². The minimum Gasteiger partial charge on any atom is -0.353 e. The average Bonchev–Trinajstić information content (AvgIpc) is 2.90. The molecule has 2 aliphatic carbocycles. The Hall–Kier alpha value is -0.610. The largest absolute Gasteiger partial charge is 0.353 e. The van der Waals surface area contributed by atoms with Gasteiger partial charge in [0.15, 0.2) is 0 Å². The molecule has 3 aliphatic rings. The van der Waals surface area contributed by atoms with Crippen LogP contribution >= 0.6 is 0 Å². The summed E-state index contributed by atoms with van der Waals surface area (Å²) in [7, 11) is 0. The number of carbonyl (C=O) groups excluding carboxylic acids is 1. The molecule has 2 saturated carbocycles. The SMILES string of the molecule is O=C(CCN1CCN(C2CCCCC2)CC1)NC1CCCCCC1. The highest BCUT2D eigenvalue weighted by molar-refractivity contribution is 5.76. The average molecular weight is 336 g/mol. The van der Waals surface area contributed by atoms with Gasteiger partial charge in [0.2, 0.25) is 5.91 Å². The zero-order chi connectivity index (χ0) is 16.6. The molecule has 0 aromatic rings. The van der Waals surface area contributed by atoms with E-state index in [2.05, 4.69) is 15.1 Å². The van der Waals surface area contributed by atoms with Crippen LogP contribution in [0, 0.1) is 0 Å². The number of rotatable bonds is 5. The summed E-state index contributed by atoms with van der Waals surface area (Å²) in [6, 6.07) is 1.29. The van der Waals surface area contributed by atoms with E-state index in [1.807, 2.05) is 0 Å². The lowest BCUT2D eigenvalue weighted by Gasteiger charge is -2.40. The molecule has 0 atom stereocenters. The third-order valence-corrected chi connectivity index (χ3v) is 6.37. The lowest BCUT2D eigenvalue weighted by molar-refractivity contribution is -0.122. The van der Waals surface area contributed by atoms with Gasteiger partial charge in [-0.2, -0.15) is 0 Å². The predicted molar refractivity (Wildman–Crippen MR) is 99.1 cm³/mol. The quantitative estimate of drug-likeness (QED) is 0.784. The highest BCUT2D eigenvalue weighted by atomic mass is 16.1. The van der Waals surface area contributed by atoms with Crippen molar-refractivity contribution in [3.63, 3.8) is 0 Å². The molecule has 1 saturated heterocycles. The lowest BCUT2D eigenvalue weighted by atomic mass is 9.94. The second-order valence-electron chi connectivity index (χ2n) is 8.18. The third-order valence-electron chi connectivity index (χ3n) is 6.37. The van der Waals surface area contributed by atoms with Crippen molar-refractivity contribution in [3.05, 3.63) is 0 Å². The Kier molecular flexibility index (Phi) is 7.40. The van der Waals surface area contributed by atoms with E-state index in [1.165, 1.54) is 83.7 Å². The fourth-order valence-corrected chi connectivity index (χ4v) is 4.78. The van der Waals surface area contributed by atoms with Crippen molar-refractivity contribution in [2.45, 2.75) is 89.1 Å². The first-order valence-corrected chi connectivity index (χ1v) is 10.6. The van der Waals surface area contributed by atoms with E-state index in [0.717, 1.165) is 25.7 Å². The summed E-state index contributed by atoms with van der Waals surface area (Å²) in [5, 5.41) is 3.28. The van der Waals surface area contributed by atoms with E-state index >= 15 is 0 Å². The monoisotopic (exact) mass is 335 g/mol. The zero-order valence-electron chi connectivity index (χ0n) is 15.5. The summed E-state index contributed by atoms with van der Waals surface area (Å²) in [6.45, 7) is 5.64. The maximum absolute atomic E-state index is 12.2. The molecule has 0 aromatic carbocycles. The lowest BCUT2D eigenvalue weighted by Crippen LogP contribution is -2.51. The van der Waals surface area contributed by atoms with Crippen molar-refractivity contribution in [2.24, 2.45) is 0 Å². The zero-order valence-corrected chi connectivity index (χ0v) is 15.5. The van der Waals surface area contributed by atoms with Crippen molar-refractivity contribution in [3.8, 4) is 0 Å². The number of piperazine rings is 1. The second-order valence-corrected chi connectivity index (χ2v) is 8.18. The van der Waals surface area contributed by atoms with Gasteiger partial charge in [0.05, 0.1) is 0 Å². The van der Waals surface area contributed by atoms with Gasteiger partial charge in [-0.25, -0.2) is 0 Å². The van der Waals surface area contributed by atoms with Crippen LogP contribution in [0.1, 0.15) is 77.0 Å². The number of hydrogen-bond donors (Lipinski definition) is 1. The van der Waals surface area contributed by atoms with Crippen LogP contribution < -0.4 is 5.32 Å². The van der Waals surface area contributed by atoms with Crippen molar-refractivity contribution < 1.29 is 4.79 Å². The van der Waals surface area contributed by atoms with Gasteiger partial charge in [-0.15, -0.1) is 0 Å². The van der Waals surface area contributed by atoms with E-state index in [0.29, 0.717) is 12.5 Å². The molecule has 0 unspecified atom stereocenters. The maximum Gasteiger partial charge on any atom is 0.221 e. The molecule has 1 N–H and O–H groups in total. The molecule has 0 bridgehead atoms. The molecular weight excluding hydrogens is 298 g/mol. The van der Waals surface area contributed by atoms with Crippen LogP contribution in [0.15, 0.2) is 0 Å². The summed E-state index contributed by atoms with van der Waals surface area (Å²) in [4.78, 5) is 17.4. The Morgan fingerprint density at radius 1 is 0.792 bits per heavy atom. The van der Waals surface area contributed by atoms with Crippen molar-refractivity contribution in [1.82, 2.24) is 15.1 Å². The minimum absolute atomic E-state index is 0.275. The molecule has 24 heavy (non-hydrogen) atoms. The van der Waals surface area contributed by atoms with Gasteiger partial charge < -0.3 is 10.2 Å². The Bertz CT molecular complexity index is 365. The molecule has 138 valence electrons. The molecule has 3 rings (SSSR count). The Morgan fingerprint density at radius 3 is 2.04 bits per heavy atom. The van der Waals surface area contributed by atoms with Gasteiger partial charge in [-0.05, 0) is 25.7 Å². The van der Waals surface area contributed by atoms with Gasteiger partial charge in [0.1, 0.15) is 0 Å². The van der Waals surface area contributed by atoms with Crippen LogP contribution in [-0.4, -0.2) is 60.5 Å². The van der Waals surface area contributed by atoms with Crippen LogP contribution in [0.2, 0.25) is 0 Å². The number of amides is 1. The molecular formula is C20H37N3O. The maximum atomic E-state index is 12.2. The first-order chi connectivity index (χ1) is 11.8. The molecule has 0 spiro atoms. The molecule has 1 amide bonds. The molecule has 1 aliphatic heterocycles. The Morgan fingerprint density at radius 2 is 1.38 bits per heavy atom. The van der Waals surface area contributed by atoms with E-state index < -0.39 is 0 Å². The summed E-state index contributed by atoms with van der Waals surface area (Å²) in [5.41, 5.74) is 0. The van der Waals surface area contributed by atoms with Gasteiger partial charge in [-0.3, -0.25) is 9.69 Å². The number of nitrogens with zero attached hydrogens (tertiary/aromatic N) is 2. The normalized spacial score (nSPS) is 26.2. The fourth-order valence-electron chi connectivity index (χ4n) is 4.78. The topological polar surface area (TPSA) is 35.6 Å². The molecule has 4 heteroatoms. The first kappa shape index (κ1) is 18.2. The highest BCUT2D eigenvalue weighted by Gasteiger charge is 2.25. The summed E-state index contributed by atoms with van der Waals surface area (Å²) < 4.78 is 0. The summed E-state index contributed by atoms with van der Waals surface area (Å²) >= 11 is 0. The van der Waals surface area contributed by atoms with Gasteiger partial charge in [0.25, 0.3) is 0 Å². The fraction of sp³-hybridized carbons (Fsp3) is 0.950. The van der Waals surface area contributed by atoms with Crippen LogP contribution in [0.4, 0.5) is 0 Å². The number of carbonyl (C=O) groups is 1. The van der Waals surface area contributed by atoms with E-state index in [-0.39, 0.29) is 5.91 Å². The minimum atomic E-state index is 0.275. The molecule has 0 radical (unpaired) electrons.